The maximum atomic E-state index is 12.3. The van der Waals surface area contributed by atoms with Crippen LogP contribution in [0.2, 0.25) is 5.02 Å². The molecule has 0 saturated carbocycles. The van der Waals surface area contributed by atoms with Crippen LogP contribution in [-0.4, -0.2) is 41.8 Å². The van der Waals surface area contributed by atoms with Gasteiger partial charge in [-0.15, -0.1) is 12.4 Å². The second-order valence-electron chi connectivity index (χ2n) is 6.38. The smallest absolute Gasteiger partial charge is 0.261 e. The summed E-state index contributed by atoms with van der Waals surface area (Å²) >= 11 is 6.01. The molecule has 6 heteroatoms. The molecule has 4 nitrogen and oxygen atoms in total. The summed E-state index contributed by atoms with van der Waals surface area (Å²) in [6.45, 7) is 2.20. The van der Waals surface area contributed by atoms with Crippen molar-refractivity contribution in [2.75, 3.05) is 20.1 Å². The van der Waals surface area contributed by atoms with Crippen molar-refractivity contribution in [2.24, 2.45) is 0 Å². The largest absolute Gasteiger partial charge is 0.302 e. The maximum absolute atomic E-state index is 12.3. The number of rotatable bonds is 7. The predicted octanol–water partition coefficient (Wildman–Crippen LogP) is 4.27. The van der Waals surface area contributed by atoms with Crippen molar-refractivity contribution in [1.29, 1.82) is 0 Å². The number of nitrogens with zero attached hydrogens (tertiary/aromatic N) is 2. The molecule has 0 N–H and O–H groups in total. The highest BCUT2D eigenvalue weighted by atomic mass is 35.5. The van der Waals surface area contributed by atoms with E-state index in [4.69, 9.17) is 11.6 Å². The molecule has 0 bridgehead atoms. The number of fused-ring (bicyclic) bond motifs is 1. The van der Waals surface area contributed by atoms with Crippen LogP contribution in [0, 0.1) is 0 Å². The van der Waals surface area contributed by atoms with E-state index in [9.17, 15) is 9.59 Å². The van der Waals surface area contributed by atoms with Crippen molar-refractivity contribution in [3.05, 3.63) is 70.2 Å². The van der Waals surface area contributed by atoms with Crippen molar-refractivity contribution in [1.82, 2.24) is 9.80 Å². The molecule has 138 valence electrons. The molecule has 0 atom stereocenters. The van der Waals surface area contributed by atoms with Crippen molar-refractivity contribution >= 4 is 35.8 Å². The van der Waals surface area contributed by atoms with Gasteiger partial charge in [0.25, 0.3) is 11.8 Å². The standard InChI is InChI=1S/C20H21ClN2O2.ClH/c1-22(14-15-7-6-8-16(21)13-15)11-4-5-12-23-19(24)17-9-2-3-10-18(17)20(23)25;/h2-3,6-10,13H,4-5,11-12,14H2,1H3;1H. The third kappa shape index (κ3) is 4.64. The summed E-state index contributed by atoms with van der Waals surface area (Å²) in [7, 11) is 2.06. The monoisotopic (exact) mass is 392 g/mol. The zero-order valence-corrected chi connectivity index (χ0v) is 16.2. The zero-order chi connectivity index (χ0) is 17.8. The van der Waals surface area contributed by atoms with E-state index in [1.807, 2.05) is 18.2 Å². The minimum Gasteiger partial charge on any atom is -0.302 e. The molecule has 2 amide bonds. The van der Waals surface area contributed by atoms with Gasteiger partial charge < -0.3 is 4.90 Å². The summed E-state index contributed by atoms with van der Waals surface area (Å²) in [4.78, 5) is 28.2. The average molecular weight is 393 g/mol. The highest BCUT2D eigenvalue weighted by Crippen LogP contribution is 2.22. The third-order valence-corrected chi connectivity index (χ3v) is 4.63. The Hall–Kier alpha value is -1.88. The van der Waals surface area contributed by atoms with Crippen LogP contribution in [0.3, 0.4) is 0 Å². The van der Waals surface area contributed by atoms with Crippen LogP contribution >= 0.6 is 24.0 Å². The number of amides is 2. The zero-order valence-electron chi connectivity index (χ0n) is 14.7. The Morgan fingerprint density at radius 1 is 0.962 bits per heavy atom. The number of unbranched alkanes of at least 4 members (excludes halogenated alkanes) is 1. The van der Waals surface area contributed by atoms with Crippen LogP contribution in [0.1, 0.15) is 39.1 Å². The van der Waals surface area contributed by atoms with Crippen LogP contribution in [0.4, 0.5) is 0 Å². The maximum Gasteiger partial charge on any atom is 0.261 e. The Balaban J connectivity index is 0.00000243. The second kappa shape index (κ2) is 9.17. The van der Waals surface area contributed by atoms with E-state index in [2.05, 4.69) is 18.0 Å². The number of benzene rings is 2. The molecule has 0 spiro atoms. The Morgan fingerprint density at radius 2 is 1.62 bits per heavy atom. The molecule has 0 aliphatic carbocycles. The van der Waals surface area contributed by atoms with Gasteiger partial charge in [-0.05, 0) is 56.3 Å². The molecule has 0 aromatic heterocycles. The number of carbonyl (C=O) groups excluding carboxylic acids is 2. The molecular weight excluding hydrogens is 371 g/mol. The van der Waals surface area contributed by atoms with Crippen LogP contribution < -0.4 is 0 Å². The Morgan fingerprint density at radius 3 is 2.23 bits per heavy atom. The number of halogens is 2. The molecule has 0 fully saturated rings. The van der Waals surface area contributed by atoms with Gasteiger partial charge >= 0.3 is 0 Å². The molecular formula is C20H22Cl2N2O2. The lowest BCUT2D eigenvalue weighted by Crippen LogP contribution is -2.31. The van der Waals surface area contributed by atoms with Gasteiger partial charge in [0.15, 0.2) is 0 Å². The van der Waals surface area contributed by atoms with Gasteiger partial charge in [-0.3, -0.25) is 14.5 Å². The van der Waals surface area contributed by atoms with Gasteiger partial charge in [-0.25, -0.2) is 0 Å². The van der Waals surface area contributed by atoms with E-state index in [0.29, 0.717) is 17.7 Å². The lowest BCUT2D eigenvalue weighted by atomic mass is 10.1. The van der Waals surface area contributed by atoms with Gasteiger partial charge in [0.2, 0.25) is 0 Å². The SMILES string of the molecule is CN(CCCCN1C(=O)c2ccccc2C1=O)Cc1cccc(Cl)c1.Cl. The first-order valence-corrected chi connectivity index (χ1v) is 8.82. The normalized spacial score (nSPS) is 13.1. The van der Waals surface area contributed by atoms with Crippen LogP contribution in [0.25, 0.3) is 0 Å². The minimum atomic E-state index is -0.173. The second-order valence-corrected chi connectivity index (χ2v) is 6.82. The summed E-state index contributed by atoms with van der Waals surface area (Å²) in [5.41, 5.74) is 2.21. The van der Waals surface area contributed by atoms with Crippen molar-refractivity contribution in [2.45, 2.75) is 19.4 Å². The molecule has 1 heterocycles. The molecule has 26 heavy (non-hydrogen) atoms. The van der Waals surface area contributed by atoms with Gasteiger partial charge in [-0.2, -0.15) is 0 Å². The number of hydrogen-bond acceptors (Lipinski definition) is 3. The molecule has 0 radical (unpaired) electrons. The quantitative estimate of drug-likeness (QED) is 0.521. The molecule has 0 saturated heterocycles. The predicted molar refractivity (Wildman–Crippen MR) is 106 cm³/mol. The van der Waals surface area contributed by atoms with Crippen molar-refractivity contribution in [3.63, 3.8) is 0 Å². The van der Waals surface area contributed by atoms with Gasteiger partial charge in [-0.1, -0.05) is 35.9 Å². The van der Waals surface area contributed by atoms with E-state index in [0.717, 1.165) is 31.0 Å². The van der Waals surface area contributed by atoms with E-state index >= 15 is 0 Å². The lowest BCUT2D eigenvalue weighted by Gasteiger charge is -2.18. The molecule has 1 aliphatic heterocycles. The lowest BCUT2D eigenvalue weighted by molar-refractivity contribution is 0.0650. The van der Waals surface area contributed by atoms with Crippen LogP contribution in [0.15, 0.2) is 48.5 Å². The highest BCUT2D eigenvalue weighted by Gasteiger charge is 2.34. The Bertz CT molecular complexity index is 760. The molecule has 2 aromatic rings. The summed E-state index contributed by atoms with van der Waals surface area (Å²) in [6.07, 6.45) is 1.72. The van der Waals surface area contributed by atoms with E-state index in [-0.39, 0.29) is 24.2 Å². The number of imide groups is 1. The van der Waals surface area contributed by atoms with E-state index in [1.165, 1.54) is 10.5 Å². The number of carbonyl (C=O) groups is 2. The highest BCUT2D eigenvalue weighted by molar-refractivity contribution is 6.30. The minimum absolute atomic E-state index is 0. The summed E-state index contributed by atoms with van der Waals surface area (Å²) in [5.74, 6) is -0.347. The summed E-state index contributed by atoms with van der Waals surface area (Å²) in [5, 5.41) is 0.747. The van der Waals surface area contributed by atoms with E-state index < -0.39 is 0 Å². The molecule has 1 aliphatic rings. The van der Waals surface area contributed by atoms with Gasteiger partial charge in [0.1, 0.15) is 0 Å². The molecule has 2 aromatic carbocycles. The van der Waals surface area contributed by atoms with Crippen molar-refractivity contribution < 1.29 is 9.59 Å². The first-order chi connectivity index (χ1) is 12.1. The number of hydrogen-bond donors (Lipinski definition) is 0. The van der Waals surface area contributed by atoms with Crippen LogP contribution in [-0.2, 0) is 6.54 Å². The van der Waals surface area contributed by atoms with Gasteiger partial charge in [0.05, 0.1) is 11.1 Å². The van der Waals surface area contributed by atoms with E-state index in [1.54, 1.807) is 24.3 Å². The third-order valence-electron chi connectivity index (χ3n) is 4.39. The molecule has 3 rings (SSSR count). The molecule has 0 unspecified atom stereocenters. The Labute approximate surface area is 165 Å². The van der Waals surface area contributed by atoms with Gasteiger partial charge in [0, 0.05) is 18.1 Å². The first kappa shape index (κ1) is 20.4. The first-order valence-electron chi connectivity index (χ1n) is 8.44. The Kier molecular flexibility index (Phi) is 7.21. The fraction of sp³-hybridized carbons (Fsp3) is 0.300. The van der Waals surface area contributed by atoms with Crippen LogP contribution in [0.5, 0.6) is 0 Å². The summed E-state index contributed by atoms with van der Waals surface area (Å²) < 4.78 is 0. The fourth-order valence-corrected chi connectivity index (χ4v) is 3.33. The average Bonchev–Trinajstić information content (AvgIpc) is 2.84. The summed E-state index contributed by atoms with van der Waals surface area (Å²) in [6, 6.07) is 14.9. The fourth-order valence-electron chi connectivity index (χ4n) is 3.12. The topological polar surface area (TPSA) is 40.6 Å². The van der Waals surface area contributed by atoms with Crippen molar-refractivity contribution in [3.8, 4) is 0 Å².